The molecular formula is C16H18ClNO3. The molecule has 1 heterocycles. The summed E-state index contributed by atoms with van der Waals surface area (Å²) in [6.45, 7) is 0. The first-order valence-corrected chi connectivity index (χ1v) is 7.77. The van der Waals surface area contributed by atoms with Crippen LogP contribution in [0.15, 0.2) is 18.2 Å². The highest BCUT2D eigenvalue weighted by atomic mass is 35.5. The third kappa shape index (κ3) is 2.42. The largest absolute Gasteiger partial charge is 0.508 e. The van der Waals surface area contributed by atoms with E-state index in [1.807, 2.05) is 0 Å². The Kier molecular flexibility index (Phi) is 3.66. The van der Waals surface area contributed by atoms with Gasteiger partial charge in [-0.1, -0.05) is 37.3 Å². The van der Waals surface area contributed by atoms with Crippen LogP contribution in [0.5, 0.6) is 5.75 Å². The molecule has 1 aliphatic carbocycles. The summed E-state index contributed by atoms with van der Waals surface area (Å²) in [6.07, 6.45) is 6.09. The highest BCUT2D eigenvalue weighted by Crippen LogP contribution is 2.46. The Hall–Kier alpha value is -1.55. The van der Waals surface area contributed by atoms with E-state index in [1.165, 1.54) is 23.1 Å². The third-order valence-electron chi connectivity index (χ3n) is 4.63. The van der Waals surface area contributed by atoms with Gasteiger partial charge in [-0.15, -0.1) is 0 Å². The molecule has 2 aliphatic rings. The summed E-state index contributed by atoms with van der Waals surface area (Å²) < 4.78 is 0. The van der Waals surface area contributed by atoms with Crippen molar-refractivity contribution in [1.29, 1.82) is 0 Å². The third-order valence-corrected chi connectivity index (χ3v) is 4.93. The molecule has 0 bridgehead atoms. The topological polar surface area (TPSA) is 57.6 Å². The molecule has 1 aromatic rings. The Morgan fingerprint density at radius 2 is 1.76 bits per heavy atom. The van der Waals surface area contributed by atoms with Crippen molar-refractivity contribution in [2.45, 2.75) is 44.9 Å². The van der Waals surface area contributed by atoms with Crippen molar-refractivity contribution in [3.63, 3.8) is 0 Å². The van der Waals surface area contributed by atoms with Crippen LogP contribution in [0.25, 0.3) is 0 Å². The number of hydrogen-bond acceptors (Lipinski definition) is 3. The van der Waals surface area contributed by atoms with E-state index in [1.54, 1.807) is 0 Å². The second-order valence-corrected chi connectivity index (χ2v) is 6.45. The number of rotatable bonds is 1. The number of halogens is 1. The van der Waals surface area contributed by atoms with Crippen LogP contribution in [0.4, 0.5) is 5.69 Å². The zero-order chi connectivity index (χ0) is 15.0. The van der Waals surface area contributed by atoms with Crippen LogP contribution >= 0.6 is 11.6 Å². The number of carbonyl (C=O) groups is 2. The second-order valence-electron chi connectivity index (χ2n) is 6.04. The Morgan fingerprint density at radius 1 is 1.10 bits per heavy atom. The van der Waals surface area contributed by atoms with Gasteiger partial charge in [-0.05, 0) is 25.0 Å². The molecule has 2 amide bonds. The van der Waals surface area contributed by atoms with Gasteiger partial charge >= 0.3 is 0 Å². The number of aromatic hydroxyl groups is 1. The maximum absolute atomic E-state index is 12.9. The number of hydrogen-bond donors (Lipinski definition) is 1. The summed E-state index contributed by atoms with van der Waals surface area (Å²) in [6, 6.07) is 4.33. The number of amides is 2. The number of phenolic OH excluding ortho intramolecular Hbond substituents is 1. The molecule has 1 N–H and O–H groups in total. The zero-order valence-corrected chi connectivity index (χ0v) is 12.5. The minimum atomic E-state index is -0.533. The van der Waals surface area contributed by atoms with E-state index in [2.05, 4.69) is 0 Å². The molecular weight excluding hydrogens is 290 g/mol. The molecule has 1 aromatic carbocycles. The fourth-order valence-corrected chi connectivity index (χ4v) is 3.77. The molecule has 0 atom stereocenters. The predicted molar refractivity (Wildman–Crippen MR) is 80.4 cm³/mol. The van der Waals surface area contributed by atoms with Crippen LogP contribution in [0.3, 0.4) is 0 Å². The van der Waals surface area contributed by atoms with Gasteiger partial charge in [0.1, 0.15) is 5.75 Å². The molecule has 0 radical (unpaired) electrons. The summed E-state index contributed by atoms with van der Waals surface area (Å²) in [5.74, 6) is -0.288. The van der Waals surface area contributed by atoms with E-state index in [4.69, 9.17) is 11.6 Å². The molecule has 1 spiro atoms. The van der Waals surface area contributed by atoms with Gasteiger partial charge in [-0.25, -0.2) is 4.90 Å². The average molecular weight is 308 g/mol. The number of imide groups is 1. The van der Waals surface area contributed by atoms with Crippen molar-refractivity contribution in [3.05, 3.63) is 23.2 Å². The number of benzene rings is 1. The van der Waals surface area contributed by atoms with Gasteiger partial charge in [0.2, 0.25) is 11.8 Å². The predicted octanol–water partition coefficient (Wildman–Crippen LogP) is 3.65. The van der Waals surface area contributed by atoms with Crippen LogP contribution in [-0.4, -0.2) is 16.9 Å². The molecule has 112 valence electrons. The Bertz CT molecular complexity index is 591. The quantitative estimate of drug-likeness (QED) is 0.806. The Morgan fingerprint density at radius 3 is 2.38 bits per heavy atom. The molecule has 5 heteroatoms. The fourth-order valence-electron chi connectivity index (χ4n) is 3.51. The van der Waals surface area contributed by atoms with Crippen LogP contribution in [0.1, 0.15) is 44.9 Å². The van der Waals surface area contributed by atoms with Crippen molar-refractivity contribution >= 4 is 29.1 Å². The van der Waals surface area contributed by atoms with E-state index in [9.17, 15) is 14.7 Å². The van der Waals surface area contributed by atoms with Gasteiger partial charge in [0.25, 0.3) is 0 Å². The van der Waals surface area contributed by atoms with Crippen LogP contribution in [0.2, 0.25) is 5.02 Å². The van der Waals surface area contributed by atoms with E-state index in [-0.39, 0.29) is 29.0 Å². The van der Waals surface area contributed by atoms with Gasteiger partial charge in [0.05, 0.1) is 16.1 Å². The molecule has 2 fully saturated rings. The maximum Gasteiger partial charge on any atom is 0.240 e. The lowest BCUT2D eigenvalue weighted by Crippen LogP contribution is -2.35. The summed E-state index contributed by atoms with van der Waals surface area (Å²) in [4.78, 5) is 26.5. The van der Waals surface area contributed by atoms with Crippen molar-refractivity contribution in [2.24, 2.45) is 5.41 Å². The standard InChI is InChI=1S/C16H18ClNO3/c17-12-9-11(19)5-6-13(12)18-14(20)10-16(15(18)21)7-3-1-2-4-8-16/h5-6,9,19H,1-4,7-8,10H2. The van der Waals surface area contributed by atoms with Gasteiger partial charge in [-0.3, -0.25) is 9.59 Å². The van der Waals surface area contributed by atoms with Gasteiger partial charge in [-0.2, -0.15) is 0 Å². The molecule has 1 aliphatic heterocycles. The van der Waals surface area contributed by atoms with Gasteiger partial charge < -0.3 is 5.11 Å². The molecule has 0 unspecified atom stereocenters. The first-order chi connectivity index (χ1) is 10.0. The number of phenols is 1. The summed E-state index contributed by atoms with van der Waals surface area (Å²) in [5, 5.41) is 9.64. The van der Waals surface area contributed by atoms with Crippen LogP contribution < -0.4 is 4.90 Å². The highest BCUT2D eigenvalue weighted by molar-refractivity contribution is 6.36. The summed E-state index contributed by atoms with van der Waals surface area (Å²) >= 11 is 6.09. The van der Waals surface area contributed by atoms with Gasteiger partial charge in [0.15, 0.2) is 0 Å². The number of carbonyl (C=O) groups excluding carboxylic acids is 2. The Labute approximate surface area is 128 Å². The van der Waals surface area contributed by atoms with Gasteiger partial charge in [0, 0.05) is 12.5 Å². The lowest BCUT2D eigenvalue weighted by molar-refractivity contribution is -0.126. The van der Waals surface area contributed by atoms with E-state index >= 15 is 0 Å². The smallest absolute Gasteiger partial charge is 0.240 e. The normalized spacial score (nSPS) is 21.9. The minimum Gasteiger partial charge on any atom is -0.508 e. The molecule has 1 saturated heterocycles. The van der Waals surface area contributed by atoms with Crippen LogP contribution in [0, 0.1) is 5.41 Å². The second kappa shape index (κ2) is 5.34. The highest BCUT2D eigenvalue weighted by Gasteiger charge is 2.51. The number of anilines is 1. The van der Waals surface area contributed by atoms with Crippen LogP contribution in [-0.2, 0) is 9.59 Å². The monoisotopic (exact) mass is 307 g/mol. The first kappa shape index (κ1) is 14.4. The van der Waals surface area contributed by atoms with Crippen molar-refractivity contribution in [1.82, 2.24) is 0 Å². The molecule has 1 saturated carbocycles. The SMILES string of the molecule is O=C1CC2(CCCCCC2)C(=O)N1c1ccc(O)cc1Cl. The van der Waals surface area contributed by atoms with Crippen molar-refractivity contribution < 1.29 is 14.7 Å². The fraction of sp³-hybridized carbons (Fsp3) is 0.500. The Balaban J connectivity index is 1.97. The van der Waals surface area contributed by atoms with E-state index < -0.39 is 5.41 Å². The van der Waals surface area contributed by atoms with Crippen molar-refractivity contribution in [3.8, 4) is 5.75 Å². The molecule has 0 aromatic heterocycles. The summed E-state index contributed by atoms with van der Waals surface area (Å²) in [5.41, 5.74) is -0.153. The van der Waals surface area contributed by atoms with Crippen molar-refractivity contribution in [2.75, 3.05) is 4.90 Å². The minimum absolute atomic E-state index is 0.0204. The molecule has 21 heavy (non-hydrogen) atoms. The maximum atomic E-state index is 12.9. The summed E-state index contributed by atoms with van der Waals surface area (Å²) in [7, 11) is 0. The van der Waals surface area contributed by atoms with E-state index in [0.717, 1.165) is 38.5 Å². The zero-order valence-electron chi connectivity index (χ0n) is 11.8. The number of nitrogens with zero attached hydrogens (tertiary/aromatic N) is 1. The lowest BCUT2D eigenvalue weighted by atomic mass is 9.79. The van der Waals surface area contributed by atoms with E-state index in [0.29, 0.717) is 5.69 Å². The lowest BCUT2D eigenvalue weighted by Gasteiger charge is -2.25. The first-order valence-electron chi connectivity index (χ1n) is 7.39. The molecule has 3 rings (SSSR count). The average Bonchev–Trinajstić information content (AvgIpc) is 2.60. The molecule has 4 nitrogen and oxygen atoms in total.